The Morgan fingerprint density at radius 3 is 2.33 bits per heavy atom. The summed E-state index contributed by atoms with van der Waals surface area (Å²) in [6.45, 7) is -1.08. The Morgan fingerprint density at radius 1 is 1.78 bits per heavy atom. The highest BCUT2D eigenvalue weighted by atomic mass is 79.9. The van der Waals surface area contributed by atoms with Crippen molar-refractivity contribution in [2.24, 2.45) is 0 Å². The van der Waals surface area contributed by atoms with Gasteiger partial charge in [0.25, 0.3) is 0 Å². The van der Waals surface area contributed by atoms with E-state index in [1.165, 1.54) is 0 Å². The summed E-state index contributed by atoms with van der Waals surface area (Å²) in [6.07, 6.45) is 0. The number of halogens is 3. The fraction of sp³-hybridized carbons (Fsp3) is 1.00. The summed E-state index contributed by atoms with van der Waals surface area (Å²) < 4.78 is 36.6. The van der Waals surface area contributed by atoms with Crippen LogP contribution in [0.3, 0.4) is 0 Å². The summed E-state index contributed by atoms with van der Waals surface area (Å²) in [5, 5.41) is 0. The highest BCUT2D eigenvalue weighted by Gasteiger charge is 2.24. The summed E-state index contributed by atoms with van der Waals surface area (Å²) in [5.41, 5.74) is 0. The summed E-state index contributed by atoms with van der Waals surface area (Å²) in [6, 6.07) is 0. The normalized spacial score (nSPS) is 15.6. The molecule has 1 atom stereocenters. The Bertz CT molecular complexity index is 113. The number of hydrogen-bond donors (Lipinski definition) is 1. The van der Waals surface area contributed by atoms with Crippen LogP contribution in [0.2, 0.25) is 0 Å². The zero-order chi connectivity index (χ0) is 7.49. The molecule has 0 fully saturated rings. The van der Waals surface area contributed by atoms with Crippen molar-refractivity contribution in [3.8, 4) is 0 Å². The van der Waals surface area contributed by atoms with Gasteiger partial charge in [-0.25, -0.2) is 0 Å². The molecule has 0 radical (unpaired) electrons. The van der Waals surface area contributed by atoms with Crippen molar-refractivity contribution in [3.05, 3.63) is 0 Å². The second-order valence-electron chi connectivity index (χ2n) is 1.17. The Kier molecular flexibility index (Phi) is 3.80. The van der Waals surface area contributed by atoms with Gasteiger partial charge < -0.3 is 9.42 Å². The molecule has 0 heterocycles. The topological polar surface area (TPSA) is 46.5 Å². The average molecular weight is 225 g/mol. The van der Waals surface area contributed by atoms with Gasteiger partial charge >= 0.3 is 13.1 Å². The molecule has 0 amide bonds. The average Bonchev–Trinajstić information content (AvgIpc) is 1.59. The van der Waals surface area contributed by atoms with Crippen LogP contribution in [0.4, 0.5) is 8.78 Å². The Hall–Kier alpha value is 0.490. The van der Waals surface area contributed by atoms with Crippen molar-refractivity contribution >= 4 is 24.2 Å². The van der Waals surface area contributed by atoms with Crippen molar-refractivity contribution in [3.63, 3.8) is 0 Å². The lowest BCUT2D eigenvalue weighted by molar-refractivity contribution is 0.0528. The van der Waals surface area contributed by atoms with Gasteiger partial charge in [-0.1, -0.05) is 0 Å². The molecule has 1 unspecified atom stereocenters. The molecular weight excluding hydrogens is 221 g/mol. The highest BCUT2D eigenvalue weighted by Crippen LogP contribution is 2.26. The van der Waals surface area contributed by atoms with Crippen LogP contribution in [0.1, 0.15) is 0 Å². The van der Waals surface area contributed by atoms with E-state index in [9.17, 15) is 13.3 Å². The summed E-state index contributed by atoms with van der Waals surface area (Å²) in [4.78, 5) is 4.67. The molecule has 7 heteroatoms. The first-order valence-electron chi connectivity index (χ1n) is 1.84. The molecule has 0 saturated heterocycles. The number of alkyl halides is 3. The summed E-state index contributed by atoms with van der Waals surface area (Å²) in [5.74, 6) is 0. The molecule has 0 saturated carbocycles. The standard InChI is InChI=1S/C2H4BrF2O3P/c3-2(4,5)1-8-9(6)7/h9H,1H2,(H,6,7). The second kappa shape index (κ2) is 3.61. The predicted octanol–water partition coefficient (Wildman–Crippen LogP) is 1.37. The molecule has 0 aromatic rings. The van der Waals surface area contributed by atoms with E-state index in [1.807, 2.05) is 15.9 Å². The number of rotatable bonds is 3. The minimum atomic E-state index is -3.23. The zero-order valence-corrected chi connectivity index (χ0v) is 6.69. The van der Waals surface area contributed by atoms with Gasteiger partial charge in [-0.3, -0.25) is 4.57 Å². The zero-order valence-electron chi connectivity index (χ0n) is 4.10. The minimum absolute atomic E-state index is 1.08. The Balaban J connectivity index is 3.39. The first kappa shape index (κ1) is 9.49. The van der Waals surface area contributed by atoms with Crippen molar-refractivity contribution in [1.82, 2.24) is 0 Å². The predicted molar refractivity (Wildman–Crippen MR) is 31.0 cm³/mol. The van der Waals surface area contributed by atoms with Crippen molar-refractivity contribution in [2.45, 2.75) is 4.83 Å². The Labute approximate surface area is 59.1 Å². The lowest BCUT2D eigenvalue weighted by Crippen LogP contribution is -2.11. The van der Waals surface area contributed by atoms with Crippen molar-refractivity contribution in [2.75, 3.05) is 6.61 Å². The largest absolute Gasteiger partial charge is 0.326 e. The summed E-state index contributed by atoms with van der Waals surface area (Å²) >= 11 is 1.91. The second-order valence-corrected chi connectivity index (χ2v) is 3.15. The van der Waals surface area contributed by atoms with E-state index in [1.54, 1.807) is 0 Å². The van der Waals surface area contributed by atoms with Crippen LogP contribution in [0.25, 0.3) is 0 Å². The SMILES string of the molecule is O=[PH](O)OCC(F)(F)Br. The van der Waals surface area contributed by atoms with Crippen LogP contribution in [-0.4, -0.2) is 16.3 Å². The van der Waals surface area contributed by atoms with Gasteiger partial charge in [0.2, 0.25) is 0 Å². The van der Waals surface area contributed by atoms with E-state index >= 15 is 0 Å². The van der Waals surface area contributed by atoms with Crippen LogP contribution >= 0.6 is 24.2 Å². The van der Waals surface area contributed by atoms with E-state index < -0.39 is 19.7 Å². The van der Waals surface area contributed by atoms with E-state index in [0.29, 0.717) is 0 Å². The van der Waals surface area contributed by atoms with Gasteiger partial charge in [-0.2, -0.15) is 8.78 Å². The van der Waals surface area contributed by atoms with E-state index in [-0.39, 0.29) is 0 Å². The van der Waals surface area contributed by atoms with Crippen LogP contribution in [0.5, 0.6) is 0 Å². The lowest BCUT2D eigenvalue weighted by Gasteiger charge is -2.04. The van der Waals surface area contributed by atoms with Gasteiger partial charge in [-0.15, -0.1) is 0 Å². The van der Waals surface area contributed by atoms with Crippen molar-refractivity contribution < 1.29 is 22.8 Å². The van der Waals surface area contributed by atoms with Gasteiger partial charge in [0, 0.05) is 0 Å². The first-order chi connectivity index (χ1) is 3.92. The molecule has 0 aromatic heterocycles. The molecule has 0 aliphatic carbocycles. The molecular formula is C2H4BrF2O3P. The van der Waals surface area contributed by atoms with Gasteiger partial charge in [-0.05, 0) is 15.9 Å². The smallest absolute Gasteiger partial charge is 0.324 e. The molecule has 0 bridgehead atoms. The quantitative estimate of drug-likeness (QED) is 0.582. The summed E-state index contributed by atoms with van der Waals surface area (Å²) in [7, 11) is -3.23. The molecule has 3 nitrogen and oxygen atoms in total. The monoisotopic (exact) mass is 224 g/mol. The van der Waals surface area contributed by atoms with Gasteiger partial charge in [0.05, 0.1) is 0 Å². The molecule has 0 aliphatic heterocycles. The fourth-order valence-corrected chi connectivity index (χ4v) is 0.774. The van der Waals surface area contributed by atoms with Crippen LogP contribution in [0, 0.1) is 0 Å². The molecule has 0 spiro atoms. The molecule has 0 aliphatic rings. The van der Waals surface area contributed by atoms with E-state index in [0.717, 1.165) is 0 Å². The van der Waals surface area contributed by atoms with Gasteiger partial charge in [0.15, 0.2) is 0 Å². The molecule has 0 aromatic carbocycles. The van der Waals surface area contributed by atoms with E-state index in [2.05, 4.69) is 4.52 Å². The third-order valence-electron chi connectivity index (χ3n) is 0.359. The molecule has 56 valence electrons. The first-order valence-corrected chi connectivity index (χ1v) is 3.90. The molecule has 0 rings (SSSR count). The number of hydrogen-bond acceptors (Lipinski definition) is 2. The molecule has 9 heavy (non-hydrogen) atoms. The maximum atomic E-state index is 11.6. The van der Waals surface area contributed by atoms with Gasteiger partial charge in [0.1, 0.15) is 6.61 Å². The third-order valence-corrected chi connectivity index (χ3v) is 0.980. The fourth-order valence-electron chi connectivity index (χ4n) is 0.144. The van der Waals surface area contributed by atoms with Crippen molar-refractivity contribution in [1.29, 1.82) is 0 Å². The third kappa shape index (κ3) is 8.49. The molecule has 1 N–H and O–H groups in total. The minimum Gasteiger partial charge on any atom is -0.326 e. The van der Waals surface area contributed by atoms with Crippen LogP contribution < -0.4 is 0 Å². The maximum absolute atomic E-state index is 11.6. The van der Waals surface area contributed by atoms with E-state index in [4.69, 9.17) is 4.89 Å². The lowest BCUT2D eigenvalue weighted by atomic mass is 10.8. The highest BCUT2D eigenvalue weighted by molar-refractivity contribution is 9.10. The Morgan fingerprint density at radius 2 is 2.22 bits per heavy atom. The van der Waals surface area contributed by atoms with Crippen LogP contribution in [0.15, 0.2) is 0 Å². The maximum Gasteiger partial charge on any atom is 0.324 e. The van der Waals surface area contributed by atoms with Crippen LogP contribution in [-0.2, 0) is 9.09 Å².